The summed E-state index contributed by atoms with van der Waals surface area (Å²) in [6.07, 6.45) is 7.26. The summed E-state index contributed by atoms with van der Waals surface area (Å²) in [5, 5.41) is 0. The van der Waals surface area contributed by atoms with Crippen molar-refractivity contribution in [2.75, 3.05) is 7.11 Å². The van der Waals surface area contributed by atoms with Crippen molar-refractivity contribution in [1.29, 1.82) is 0 Å². The molecule has 3 N–H and O–H groups in total. The van der Waals surface area contributed by atoms with Gasteiger partial charge in [0, 0.05) is 12.7 Å². The molecule has 28 heavy (non-hydrogen) atoms. The van der Waals surface area contributed by atoms with Gasteiger partial charge in [-0.1, -0.05) is 6.07 Å². The Morgan fingerprint density at radius 1 is 1.11 bits per heavy atom. The summed E-state index contributed by atoms with van der Waals surface area (Å²) in [6, 6.07) is 6.02. The number of imidazole rings is 2. The van der Waals surface area contributed by atoms with Crippen LogP contribution in [0.25, 0.3) is 33.6 Å². The first-order chi connectivity index (χ1) is 13.7. The van der Waals surface area contributed by atoms with E-state index in [0.717, 1.165) is 60.1 Å². The Morgan fingerprint density at radius 2 is 1.89 bits per heavy atom. The first kappa shape index (κ1) is 17.1. The van der Waals surface area contributed by atoms with Crippen LogP contribution in [0, 0.1) is 5.92 Å². The third-order valence-corrected chi connectivity index (χ3v) is 5.73. The third kappa shape index (κ3) is 3.09. The van der Waals surface area contributed by atoms with E-state index in [2.05, 4.69) is 19.9 Å². The van der Waals surface area contributed by atoms with Crippen molar-refractivity contribution in [3.63, 3.8) is 0 Å². The monoisotopic (exact) mass is 378 g/mol. The van der Waals surface area contributed by atoms with Gasteiger partial charge in [0.25, 0.3) is 0 Å². The summed E-state index contributed by atoms with van der Waals surface area (Å²) in [7, 11) is 1.79. The van der Waals surface area contributed by atoms with E-state index < -0.39 is 0 Å². The summed E-state index contributed by atoms with van der Waals surface area (Å²) in [5.74, 6) is 0.540. The van der Waals surface area contributed by atoms with Crippen molar-refractivity contribution in [2.24, 2.45) is 5.92 Å². The number of nitrogens with one attached hydrogen (secondary N) is 3. The number of rotatable bonds is 4. The number of fused-ring (bicyclic) bond motifs is 2. The molecule has 0 spiro atoms. The Labute approximate surface area is 160 Å². The fourth-order valence-corrected chi connectivity index (χ4v) is 4.19. The van der Waals surface area contributed by atoms with Crippen LogP contribution >= 0.6 is 0 Å². The molecule has 0 bridgehead atoms. The second-order valence-electron chi connectivity index (χ2n) is 7.51. The lowest BCUT2D eigenvalue weighted by Crippen LogP contribution is -2.22. The molecule has 1 saturated carbocycles. The molecule has 8 heteroatoms. The smallest absolute Gasteiger partial charge is 0.326 e. The summed E-state index contributed by atoms with van der Waals surface area (Å²) in [6.45, 7) is 0. The van der Waals surface area contributed by atoms with E-state index >= 15 is 0 Å². The average molecular weight is 378 g/mol. The lowest BCUT2D eigenvalue weighted by Gasteiger charge is -2.27. The van der Waals surface area contributed by atoms with Crippen molar-refractivity contribution < 1.29 is 4.74 Å². The minimum Gasteiger partial charge on any atom is -0.381 e. The van der Waals surface area contributed by atoms with Crippen molar-refractivity contribution in [3.8, 4) is 11.3 Å². The standard InChI is InChI=1S/C20H22N6O2/c1-28-13-5-2-11(3-6-13)8-16-17(24-19-18(23-16)25-20(27)26-19)12-4-7-14-15(9-12)22-10-21-14/h4,7,9-11,13H,2-3,5-6,8H2,1H3,(H,21,22)(H2,23,24,25,26,27). The first-order valence-electron chi connectivity index (χ1n) is 9.65. The molecule has 0 aliphatic heterocycles. The molecule has 1 fully saturated rings. The molecule has 4 aromatic rings. The molecule has 3 heterocycles. The van der Waals surface area contributed by atoms with Crippen LogP contribution in [0.4, 0.5) is 0 Å². The van der Waals surface area contributed by atoms with Gasteiger partial charge in [-0.15, -0.1) is 0 Å². The van der Waals surface area contributed by atoms with Crippen LogP contribution in [0.3, 0.4) is 0 Å². The number of nitrogens with zero attached hydrogens (tertiary/aromatic N) is 3. The maximum absolute atomic E-state index is 11.7. The van der Waals surface area contributed by atoms with E-state index in [4.69, 9.17) is 14.7 Å². The topological polar surface area (TPSA) is 112 Å². The molecule has 0 atom stereocenters. The van der Waals surface area contributed by atoms with Crippen molar-refractivity contribution in [2.45, 2.75) is 38.2 Å². The van der Waals surface area contributed by atoms with Gasteiger partial charge in [-0.25, -0.2) is 19.7 Å². The molecule has 0 saturated heterocycles. The molecule has 1 aliphatic rings. The highest BCUT2D eigenvalue weighted by Gasteiger charge is 2.24. The van der Waals surface area contributed by atoms with Gasteiger partial charge >= 0.3 is 5.69 Å². The summed E-state index contributed by atoms with van der Waals surface area (Å²) in [4.78, 5) is 34.1. The Kier molecular flexibility index (Phi) is 4.20. The number of benzene rings is 1. The lowest BCUT2D eigenvalue weighted by molar-refractivity contribution is 0.0567. The fourth-order valence-electron chi connectivity index (χ4n) is 4.19. The molecule has 0 unspecified atom stereocenters. The van der Waals surface area contributed by atoms with Crippen LogP contribution in [-0.4, -0.2) is 43.1 Å². The van der Waals surface area contributed by atoms with Crippen molar-refractivity contribution in [3.05, 3.63) is 40.7 Å². The zero-order chi connectivity index (χ0) is 19.1. The lowest BCUT2D eigenvalue weighted by atomic mass is 9.84. The van der Waals surface area contributed by atoms with Gasteiger partial charge < -0.3 is 9.72 Å². The highest BCUT2D eigenvalue weighted by molar-refractivity contribution is 5.82. The van der Waals surface area contributed by atoms with E-state index in [1.54, 1.807) is 13.4 Å². The highest BCUT2D eigenvalue weighted by atomic mass is 16.5. The van der Waals surface area contributed by atoms with Crippen LogP contribution in [-0.2, 0) is 11.2 Å². The van der Waals surface area contributed by atoms with Gasteiger partial charge in [-0.3, -0.25) is 9.97 Å². The first-order valence-corrected chi connectivity index (χ1v) is 9.65. The number of ether oxygens (including phenoxy) is 1. The van der Waals surface area contributed by atoms with Gasteiger partial charge in [-0.2, -0.15) is 0 Å². The van der Waals surface area contributed by atoms with E-state index in [-0.39, 0.29) is 5.69 Å². The Balaban J connectivity index is 1.56. The van der Waals surface area contributed by atoms with Crippen molar-refractivity contribution >= 4 is 22.3 Å². The number of hydrogen-bond donors (Lipinski definition) is 3. The molecular formula is C20H22N6O2. The average Bonchev–Trinajstić information content (AvgIpc) is 3.32. The normalized spacial score (nSPS) is 20.2. The van der Waals surface area contributed by atoms with Crippen LogP contribution in [0.2, 0.25) is 0 Å². The van der Waals surface area contributed by atoms with E-state index in [0.29, 0.717) is 23.3 Å². The van der Waals surface area contributed by atoms with Crippen LogP contribution in [0.5, 0.6) is 0 Å². The maximum atomic E-state index is 11.7. The van der Waals surface area contributed by atoms with E-state index in [9.17, 15) is 4.79 Å². The minimum atomic E-state index is -0.289. The SMILES string of the molecule is COC1CCC(Cc2nc3[nH]c(=O)[nH]c3nc2-c2ccc3nc[nH]c3c2)CC1. The third-order valence-electron chi connectivity index (χ3n) is 5.73. The molecular weight excluding hydrogens is 356 g/mol. The van der Waals surface area contributed by atoms with E-state index in [1.807, 2.05) is 18.2 Å². The number of hydrogen-bond acceptors (Lipinski definition) is 5. The zero-order valence-electron chi connectivity index (χ0n) is 15.7. The number of aromatic amines is 3. The predicted octanol–water partition coefficient (Wildman–Crippen LogP) is 2.94. The van der Waals surface area contributed by atoms with Gasteiger partial charge in [-0.05, 0) is 50.2 Å². The van der Waals surface area contributed by atoms with E-state index in [1.165, 1.54) is 0 Å². The molecule has 8 nitrogen and oxygen atoms in total. The Morgan fingerprint density at radius 3 is 2.68 bits per heavy atom. The minimum absolute atomic E-state index is 0.289. The second kappa shape index (κ2) is 6.87. The van der Waals surface area contributed by atoms with Crippen LogP contribution in [0.1, 0.15) is 31.4 Å². The molecule has 0 amide bonds. The predicted molar refractivity (Wildman–Crippen MR) is 106 cm³/mol. The number of H-pyrrole nitrogens is 3. The molecule has 5 rings (SSSR count). The largest absolute Gasteiger partial charge is 0.381 e. The number of methoxy groups -OCH3 is 1. The molecule has 3 aromatic heterocycles. The molecule has 1 aromatic carbocycles. The summed E-state index contributed by atoms with van der Waals surface area (Å²) in [5.41, 5.74) is 5.27. The molecule has 1 aliphatic carbocycles. The van der Waals surface area contributed by atoms with Crippen LogP contribution in [0.15, 0.2) is 29.3 Å². The summed E-state index contributed by atoms with van der Waals surface area (Å²) < 4.78 is 5.50. The van der Waals surface area contributed by atoms with Gasteiger partial charge in [0.05, 0.1) is 34.9 Å². The Bertz CT molecular complexity index is 1180. The Hall–Kier alpha value is -3.00. The summed E-state index contributed by atoms with van der Waals surface area (Å²) >= 11 is 0. The quantitative estimate of drug-likeness (QED) is 0.505. The maximum Gasteiger partial charge on any atom is 0.326 e. The highest BCUT2D eigenvalue weighted by Crippen LogP contribution is 2.32. The number of aromatic nitrogens is 6. The molecule has 144 valence electrons. The molecule has 0 radical (unpaired) electrons. The fraction of sp³-hybridized carbons (Fsp3) is 0.400. The van der Waals surface area contributed by atoms with Crippen molar-refractivity contribution in [1.82, 2.24) is 29.9 Å². The van der Waals surface area contributed by atoms with Gasteiger partial charge in [0.1, 0.15) is 0 Å². The van der Waals surface area contributed by atoms with Crippen LogP contribution < -0.4 is 5.69 Å². The zero-order valence-corrected chi connectivity index (χ0v) is 15.7. The van der Waals surface area contributed by atoms with Gasteiger partial charge in [0.15, 0.2) is 11.3 Å². The second-order valence-corrected chi connectivity index (χ2v) is 7.51. The van der Waals surface area contributed by atoms with Gasteiger partial charge in [0.2, 0.25) is 0 Å².